The van der Waals surface area contributed by atoms with Crippen LogP contribution in [0.4, 0.5) is 5.69 Å². The van der Waals surface area contributed by atoms with E-state index in [-0.39, 0.29) is 12.3 Å². The molecular formula is C20H30N2O2. The Morgan fingerprint density at radius 2 is 1.71 bits per heavy atom. The van der Waals surface area contributed by atoms with E-state index in [9.17, 15) is 9.90 Å². The number of carbonyl (C=O) groups excluding carboxylic acids is 1. The molecule has 0 radical (unpaired) electrons. The third-order valence-corrected chi connectivity index (χ3v) is 5.43. The third-order valence-electron chi connectivity index (χ3n) is 5.43. The van der Waals surface area contributed by atoms with Crippen LogP contribution in [0.25, 0.3) is 0 Å². The van der Waals surface area contributed by atoms with E-state index in [0.29, 0.717) is 0 Å². The van der Waals surface area contributed by atoms with Crippen LogP contribution in [0.1, 0.15) is 56.9 Å². The number of amides is 1. The molecule has 1 heterocycles. The largest absolute Gasteiger partial charge is 0.389 e. The molecule has 2 aliphatic rings. The molecule has 4 nitrogen and oxygen atoms in total. The number of carbonyl (C=O) groups is 1. The Labute approximate surface area is 145 Å². The fraction of sp³-hybridized carbons (Fsp3) is 0.650. The monoisotopic (exact) mass is 330 g/mol. The van der Waals surface area contributed by atoms with Crippen LogP contribution < -0.4 is 5.32 Å². The lowest BCUT2D eigenvalue weighted by molar-refractivity contribution is -0.122. The van der Waals surface area contributed by atoms with Crippen LogP contribution in [-0.4, -0.2) is 41.1 Å². The van der Waals surface area contributed by atoms with Crippen LogP contribution in [0.15, 0.2) is 24.3 Å². The van der Waals surface area contributed by atoms with E-state index < -0.39 is 5.60 Å². The summed E-state index contributed by atoms with van der Waals surface area (Å²) in [5.74, 6) is -0.0794. The standard InChI is InChI=1S/C20H30N2O2/c23-19(16-20(24)11-2-1-3-12-20)21-18-8-6-17(7-9-18)10-15-22-13-4-5-14-22/h6-9,24H,1-5,10-16H2,(H,21,23). The molecular weight excluding hydrogens is 300 g/mol. The minimum atomic E-state index is -0.794. The Kier molecular flexibility index (Phi) is 5.90. The normalized spacial score (nSPS) is 20.9. The van der Waals surface area contributed by atoms with Gasteiger partial charge in [-0.1, -0.05) is 31.4 Å². The van der Waals surface area contributed by atoms with Gasteiger partial charge in [0.2, 0.25) is 5.91 Å². The summed E-state index contributed by atoms with van der Waals surface area (Å²) in [6.45, 7) is 3.59. The van der Waals surface area contributed by atoms with Crippen molar-refractivity contribution in [1.29, 1.82) is 0 Å². The molecule has 0 spiro atoms. The lowest BCUT2D eigenvalue weighted by atomic mass is 9.82. The van der Waals surface area contributed by atoms with E-state index in [2.05, 4.69) is 22.3 Å². The second-order valence-electron chi connectivity index (χ2n) is 7.51. The highest BCUT2D eigenvalue weighted by molar-refractivity contribution is 5.91. The highest BCUT2D eigenvalue weighted by Gasteiger charge is 2.31. The summed E-state index contributed by atoms with van der Waals surface area (Å²) in [5.41, 5.74) is 1.34. The van der Waals surface area contributed by atoms with Crippen molar-refractivity contribution in [3.8, 4) is 0 Å². The van der Waals surface area contributed by atoms with Gasteiger partial charge in [0.25, 0.3) is 0 Å². The first-order valence-electron chi connectivity index (χ1n) is 9.47. The van der Waals surface area contributed by atoms with Crippen molar-refractivity contribution < 1.29 is 9.90 Å². The predicted octanol–water partition coefficient (Wildman–Crippen LogP) is 3.35. The van der Waals surface area contributed by atoms with E-state index in [0.717, 1.165) is 44.3 Å². The number of hydrogen-bond donors (Lipinski definition) is 2. The molecule has 132 valence electrons. The minimum absolute atomic E-state index is 0.0794. The first-order valence-corrected chi connectivity index (χ1v) is 9.47. The number of nitrogens with zero attached hydrogens (tertiary/aromatic N) is 1. The fourth-order valence-corrected chi connectivity index (χ4v) is 3.94. The molecule has 1 amide bonds. The summed E-state index contributed by atoms with van der Waals surface area (Å²) in [7, 11) is 0. The second kappa shape index (κ2) is 8.13. The molecule has 1 aromatic carbocycles. The number of aliphatic hydroxyl groups is 1. The van der Waals surface area contributed by atoms with Crippen molar-refractivity contribution in [2.45, 2.75) is 63.4 Å². The van der Waals surface area contributed by atoms with Crippen LogP contribution in [0, 0.1) is 0 Å². The number of rotatable bonds is 6. The molecule has 0 aromatic heterocycles. The van der Waals surface area contributed by atoms with E-state index in [1.807, 2.05) is 12.1 Å². The summed E-state index contributed by atoms with van der Waals surface area (Å²) in [5, 5.41) is 13.4. The van der Waals surface area contributed by atoms with Gasteiger partial charge in [0, 0.05) is 12.2 Å². The Morgan fingerprint density at radius 3 is 2.38 bits per heavy atom. The van der Waals surface area contributed by atoms with E-state index in [4.69, 9.17) is 0 Å². The van der Waals surface area contributed by atoms with Crippen molar-refractivity contribution in [2.75, 3.05) is 25.0 Å². The molecule has 1 aromatic rings. The lowest BCUT2D eigenvalue weighted by Crippen LogP contribution is -2.35. The average Bonchev–Trinajstić information content (AvgIpc) is 3.08. The van der Waals surface area contributed by atoms with Crippen molar-refractivity contribution in [1.82, 2.24) is 4.90 Å². The summed E-state index contributed by atoms with van der Waals surface area (Å²) in [6.07, 6.45) is 8.64. The summed E-state index contributed by atoms with van der Waals surface area (Å²) >= 11 is 0. The Bertz CT molecular complexity index is 529. The van der Waals surface area contributed by atoms with Gasteiger partial charge >= 0.3 is 0 Å². The van der Waals surface area contributed by atoms with E-state index >= 15 is 0 Å². The smallest absolute Gasteiger partial charge is 0.227 e. The zero-order valence-corrected chi connectivity index (χ0v) is 14.6. The summed E-state index contributed by atoms with van der Waals surface area (Å²) in [6, 6.07) is 8.15. The molecule has 1 aliphatic heterocycles. The van der Waals surface area contributed by atoms with Gasteiger partial charge in [-0.25, -0.2) is 0 Å². The molecule has 1 aliphatic carbocycles. The molecule has 1 saturated heterocycles. The van der Waals surface area contributed by atoms with Gasteiger partial charge in [0.15, 0.2) is 0 Å². The summed E-state index contributed by atoms with van der Waals surface area (Å²) < 4.78 is 0. The molecule has 2 fully saturated rings. The predicted molar refractivity (Wildman–Crippen MR) is 97.1 cm³/mol. The minimum Gasteiger partial charge on any atom is -0.389 e. The maximum atomic E-state index is 12.2. The van der Waals surface area contributed by atoms with Crippen molar-refractivity contribution in [3.63, 3.8) is 0 Å². The highest BCUT2D eigenvalue weighted by Crippen LogP contribution is 2.31. The Hall–Kier alpha value is -1.39. The van der Waals surface area contributed by atoms with Crippen LogP contribution in [0.3, 0.4) is 0 Å². The number of benzene rings is 1. The number of anilines is 1. The quantitative estimate of drug-likeness (QED) is 0.841. The Balaban J connectivity index is 1.45. The third kappa shape index (κ3) is 5.05. The molecule has 0 atom stereocenters. The van der Waals surface area contributed by atoms with Crippen molar-refractivity contribution in [2.24, 2.45) is 0 Å². The molecule has 0 bridgehead atoms. The summed E-state index contributed by atoms with van der Waals surface area (Å²) in [4.78, 5) is 14.7. The van der Waals surface area contributed by atoms with Crippen LogP contribution in [0.2, 0.25) is 0 Å². The molecule has 4 heteroatoms. The first kappa shape index (κ1) is 17.4. The van der Waals surface area contributed by atoms with Gasteiger partial charge in [-0.2, -0.15) is 0 Å². The topological polar surface area (TPSA) is 52.6 Å². The number of nitrogens with one attached hydrogen (secondary N) is 1. The van der Waals surface area contributed by atoms with Gasteiger partial charge in [0.1, 0.15) is 0 Å². The first-order chi connectivity index (χ1) is 11.6. The van der Waals surface area contributed by atoms with Gasteiger partial charge in [-0.05, 0) is 62.9 Å². The zero-order chi connectivity index (χ0) is 16.8. The lowest BCUT2D eigenvalue weighted by Gasteiger charge is -2.31. The maximum absolute atomic E-state index is 12.2. The van der Waals surface area contributed by atoms with Crippen molar-refractivity contribution in [3.05, 3.63) is 29.8 Å². The molecule has 2 N–H and O–H groups in total. The SMILES string of the molecule is O=C(CC1(O)CCCCC1)Nc1ccc(CCN2CCCC2)cc1. The van der Waals surface area contributed by atoms with Gasteiger partial charge in [-0.3, -0.25) is 4.79 Å². The highest BCUT2D eigenvalue weighted by atomic mass is 16.3. The zero-order valence-electron chi connectivity index (χ0n) is 14.6. The number of hydrogen-bond acceptors (Lipinski definition) is 3. The average molecular weight is 330 g/mol. The maximum Gasteiger partial charge on any atom is 0.227 e. The van der Waals surface area contributed by atoms with E-state index in [1.165, 1.54) is 37.9 Å². The van der Waals surface area contributed by atoms with Gasteiger partial charge < -0.3 is 15.3 Å². The number of likely N-dealkylation sites (tertiary alicyclic amines) is 1. The molecule has 0 unspecified atom stereocenters. The van der Waals surface area contributed by atoms with Crippen molar-refractivity contribution >= 4 is 11.6 Å². The molecule has 3 rings (SSSR count). The van der Waals surface area contributed by atoms with Crippen LogP contribution >= 0.6 is 0 Å². The van der Waals surface area contributed by atoms with Crippen LogP contribution in [-0.2, 0) is 11.2 Å². The molecule has 1 saturated carbocycles. The van der Waals surface area contributed by atoms with Gasteiger partial charge in [-0.15, -0.1) is 0 Å². The molecule has 24 heavy (non-hydrogen) atoms. The van der Waals surface area contributed by atoms with Crippen LogP contribution in [0.5, 0.6) is 0 Å². The van der Waals surface area contributed by atoms with E-state index in [1.54, 1.807) is 0 Å². The Morgan fingerprint density at radius 1 is 1.04 bits per heavy atom. The second-order valence-corrected chi connectivity index (χ2v) is 7.51. The van der Waals surface area contributed by atoms with Gasteiger partial charge in [0.05, 0.1) is 12.0 Å². The fourth-order valence-electron chi connectivity index (χ4n) is 3.94.